The smallest absolute Gasteiger partial charge is 0.144 e. The van der Waals surface area contributed by atoms with Crippen LogP contribution in [0, 0.1) is 5.92 Å². The minimum atomic E-state index is 0.617. The fourth-order valence-electron chi connectivity index (χ4n) is 4.14. The Morgan fingerprint density at radius 2 is 1.83 bits per heavy atom. The minimum absolute atomic E-state index is 0.617. The maximum absolute atomic E-state index is 5.63. The first kappa shape index (κ1) is 20.6. The molecule has 1 aliphatic heterocycles. The van der Waals surface area contributed by atoms with E-state index in [-0.39, 0.29) is 0 Å². The van der Waals surface area contributed by atoms with Crippen LogP contribution in [-0.4, -0.2) is 34.9 Å². The molecule has 2 aromatic carbocycles. The molecule has 0 radical (unpaired) electrons. The van der Waals surface area contributed by atoms with Crippen molar-refractivity contribution < 1.29 is 4.74 Å². The second-order valence-electron chi connectivity index (χ2n) is 8.43. The van der Waals surface area contributed by atoms with Crippen LogP contribution in [0.25, 0.3) is 5.69 Å². The van der Waals surface area contributed by atoms with Crippen LogP contribution in [-0.2, 0) is 26.1 Å². The van der Waals surface area contributed by atoms with Gasteiger partial charge in [-0.15, -0.1) is 0 Å². The van der Waals surface area contributed by atoms with Crippen LogP contribution in [0.2, 0.25) is 0 Å². The molecule has 0 aliphatic carbocycles. The number of nitrogens with zero attached hydrogens (tertiary/aromatic N) is 3. The summed E-state index contributed by atoms with van der Waals surface area (Å²) in [6.07, 6.45) is 0.984. The standard InChI is InChI=1S/C25H32N4O/c1-19(2)15-26-16-22-21-18-28(17-20-9-5-4-6-10-20)14-13-23(21)29(27-22)24-11-7-8-12-25(24)30-3/h4-12,19,26H,13-18H2,1-3H3. The van der Waals surface area contributed by atoms with Gasteiger partial charge < -0.3 is 10.1 Å². The highest BCUT2D eigenvalue weighted by molar-refractivity contribution is 5.49. The fraction of sp³-hybridized carbons (Fsp3) is 0.400. The summed E-state index contributed by atoms with van der Waals surface area (Å²) in [6.45, 7) is 9.18. The first-order chi connectivity index (χ1) is 14.7. The van der Waals surface area contributed by atoms with Crippen molar-refractivity contribution in [2.75, 3.05) is 20.2 Å². The van der Waals surface area contributed by atoms with Gasteiger partial charge in [-0.3, -0.25) is 4.90 Å². The van der Waals surface area contributed by atoms with Crippen molar-refractivity contribution >= 4 is 0 Å². The Labute approximate surface area is 179 Å². The molecule has 0 bridgehead atoms. The van der Waals surface area contributed by atoms with E-state index in [1.54, 1.807) is 7.11 Å². The van der Waals surface area contributed by atoms with E-state index >= 15 is 0 Å². The van der Waals surface area contributed by atoms with Crippen LogP contribution >= 0.6 is 0 Å². The van der Waals surface area contributed by atoms with Gasteiger partial charge in [0.25, 0.3) is 0 Å². The number of hydrogen-bond acceptors (Lipinski definition) is 4. The molecule has 1 aliphatic rings. The lowest BCUT2D eigenvalue weighted by molar-refractivity contribution is 0.242. The first-order valence-electron chi connectivity index (χ1n) is 10.9. The zero-order valence-corrected chi connectivity index (χ0v) is 18.3. The van der Waals surface area contributed by atoms with Crippen molar-refractivity contribution in [1.29, 1.82) is 0 Å². The minimum Gasteiger partial charge on any atom is -0.494 e. The maximum Gasteiger partial charge on any atom is 0.144 e. The molecule has 1 N–H and O–H groups in total. The van der Waals surface area contributed by atoms with E-state index in [1.165, 1.54) is 16.8 Å². The molecule has 5 heteroatoms. The van der Waals surface area contributed by atoms with Crippen molar-refractivity contribution in [3.8, 4) is 11.4 Å². The van der Waals surface area contributed by atoms with Gasteiger partial charge in [0.2, 0.25) is 0 Å². The molecule has 30 heavy (non-hydrogen) atoms. The van der Waals surface area contributed by atoms with Crippen LogP contribution < -0.4 is 10.1 Å². The molecule has 158 valence electrons. The van der Waals surface area contributed by atoms with Crippen LogP contribution in [0.15, 0.2) is 54.6 Å². The normalized spacial score (nSPS) is 14.1. The average molecular weight is 405 g/mol. The van der Waals surface area contributed by atoms with E-state index in [4.69, 9.17) is 9.84 Å². The zero-order valence-electron chi connectivity index (χ0n) is 18.3. The number of aromatic nitrogens is 2. The highest BCUT2D eigenvalue weighted by Crippen LogP contribution is 2.30. The van der Waals surface area contributed by atoms with Gasteiger partial charge in [0.15, 0.2) is 0 Å². The lowest BCUT2D eigenvalue weighted by Gasteiger charge is -2.28. The molecule has 0 atom stereocenters. The summed E-state index contributed by atoms with van der Waals surface area (Å²) < 4.78 is 7.74. The Balaban J connectivity index is 1.64. The van der Waals surface area contributed by atoms with Crippen molar-refractivity contribution in [2.24, 2.45) is 5.92 Å². The number of ether oxygens (including phenoxy) is 1. The summed E-state index contributed by atoms with van der Waals surface area (Å²) in [7, 11) is 1.72. The van der Waals surface area contributed by atoms with Gasteiger partial charge in [-0.2, -0.15) is 5.10 Å². The Bertz CT molecular complexity index is 965. The summed E-state index contributed by atoms with van der Waals surface area (Å²) in [4.78, 5) is 2.53. The fourth-order valence-corrected chi connectivity index (χ4v) is 4.14. The van der Waals surface area contributed by atoms with E-state index < -0.39 is 0 Å². The Hall–Kier alpha value is -2.63. The molecule has 0 amide bonds. The van der Waals surface area contributed by atoms with Crippen molar-refractivity contribution in [2.45, 2.75) is 39.9 Å². The zero-order chi connectivity index (χ0) is 20.9. The number of rotatable bonds is 8. The predicted molar refractivity (Wildman–Crippen MR) is 121 cm³/mol. The number of para-hydroxylation sites is 2. The Morgan fingerprint density at radius 1 is 1.07 bits per heavy atom. The molecule has 0 fully saturated rings. The van der Waals surface area contributed by atoms with E-state index in [9.17, 15) is 0 Å². The third-order valence-corrected chi connectivity index (χ3v) is 5.63. The molecule has 2 heterocycles. The van der Waals surface area contributed by atoms with Gasteiger partial charge in [0, 0.05) is 38.2 Å². The van der Waals surface area contributed by atoms with E-state index in [0.717, 1.165) is 56.3 Å². The predicted octanol–water partition coefficient (Wildman–Crippen LogP) is 4.18. The van der Waals surface area contributed by atoms with Crippen LogP contribution in [0.5, 0.6) is 5.75 Å². The molecule has 4 rings (SSSR count). The average Bonchev–Trinajstić information content (AvgIpc) is 3.12. The number of benzene rings is 2. The molecule has 0 saturated carbocycles. The maximum atomic E-state index is 5.63. The summed E-state index contributed by atoms with van der Waals surface area (Å²) in [5.41, 5.74) is 6.19. The monoisotopic (exact) mass is 404 g/mol. The molecule has 0 saturated heterocycles. The van der Waals surface area contributed by atoms with Crippen LogP contribution in [0.3, 0.4) is 0 Å². The number of nitrogens with one attached hydrogen (secondary N) is 1. The Morgan fingerprint density at radius 3 is 2.60 bits per heavy atom. The largest absolute Gasteiger partial charge is 0.494 e. The molecular formula is C25H32N4O. The lowest BCUT2D eigenvalue weighted by atomic mass is 10.0. The second kappa shape index (κ2) is 9.45. The summed E-state index contributed by atoms with van der Waals surface area (Å²) >= 11 is 0. The molecule has 0 unspecified atom stereocenters. The second-order valence-corrected chi connectivity index (χ2v) is 8.43. The van der Waals surface area contributed by atoms with Crippen LogP contribution in [0.4, 0.5) is 0 Å². The van der Waals surface area contributed by atoms with E-state index in [0.29, 0.717) is 5.92 Å². The number of fused-ring (bicyclic) bond motifs is 1. The third kappa shape index (κ3) is 4.58. The van der Waals surface area contributed by atoms with Crippen LogP contribution in [0.1, 0.15) is 36.4 Å². The molecule has 1 aromatic heterocycles. The summed E-state index contributed by atoms with van der Waals surface area (Å²) in [5.74, 6) is 1.47. The highest BCUT2D eigenvalue weighted by atomic mass is 16.5. The topological polar surface area (TPSA) is 42.3 Å². The molecule has 5 nitrogen and oxygen atoms in total. The quantitative estimate of drug-likeness (QED) is 0.611. The summed E-state index contributed by atoms with van der Waals surface area (Å²) in [5, 5.41) is 8.64. The Kier molecular flexibility index (Phi) is 6.50. The van der Waals surface area contributed by atoms with E-state index in [2.05, 4.69) is 65.1 Å². The third-order valence-electron chi connectivity index (χ3n) is 5.63. The van der Waals surface area contributed by atoms with Gasteiger partial charge in [0.1, 0.15) is 11.4 Å². The highest BCUT2D eigenvalue weighted by Gasteiger charge is 2.26. The van der Waals surface area contributed by atoms with Crippen molar-refractivity contribution in [3.05, 3.63) is 77.1 Å². The van der Waals surface area contributed by atoms with Gasteiger partial charge in [-0.25, -0.2) is 4.68 Å². The van der Waals surface area contributed by atoms with Gasteiger partial charge >= 0.3 is 0 Å². The van der Waals surface area contributed by atoms with Gasteiger partial charge in [-0.05, 0) is 30.2 Å². The van der Waals surface area contributed by atoms with Gasteiger partial charge in [0.05, 0.1) is 18.5 Å². The summed E-state index contributed by atoms with van der Waals surface area (Å²) in [6, 6.07) is 18.9. The van der Waals surface area contributed by atoms with Crippen molar-refractivity contribution in [3.63, 3.8) is 0 Å². The van der Waals surface area contributed by atoms with Gasteiger partial charge in [-0.1, -0.05) is 56.3 Å². The number of hydrogen-bond donors (Lipinski definition) is 1. The molecule has 3 aromatic rings. The number of methoxy groups -OCH3 is 1. The van der Waals surface area contributed by atoms with E-state index in [1.807, 2.05) is 18.2 Å². The molecule has 0 spiro atoms. The molecular weight excluding hydrogens is 372 g/mol. The van der Waals surface area contributed by atoms with Crippen molar-refractivity contribution in [1.82, 2.24) is 20.0 Å². The lowest BCUT2D eigenvalue weighted by Crippen LogP contribution is -2.31. The first-order valence-corrected chi connectivity index (χ1v) is 10.9. The SMILES string of the molecule is COc1ccccc1-n1nc(CNCC(C)C)c2c1CCN(Cc1ccccc1)C2.